The minimum atomic E-state index is -0.198. The highest BCUT2D eigenvalue weighted by Crippen LogP contribution is 2.12. The van der Waals surface area contributed by atoms with E-state index in [9.17, 15) is 9.59 Å². The van der Waals surface area contributed by atoms with E-state index in [1.165, 1.54) is 6.08 Å². The predicted octanol–water partition coefficient (Wildman–Crippen LogP) is 2.89. The molecule has 0 spiro atoms. The summed E-state index contributed by atoms with van der Waals surface area (Å²) in [6, 6.07) is 7.08. The van der Waals surface area contributed by atoms with E-state index in [0.29, 0.717) is 17.6 Å². The number of carbonyl (C=O) groups is 2. The Hall–Kier alpha value is -2.26. The second-order valence-corrected chi connectivity index (χ2v) is 4.74. The van der Waals surface area contributed by atoms with Crippen LogP contribution in [0.4, 0.5) is 0 Å². The normalized spacial score (nSPS) is 12.6. The Bertz CT molecular complexity index is 567. The summed E-state index contributed by atoms with van der Waals surface area (Å²) in [6.07, 6.45) is 5.32. The number of likely N-dealkylation sites (N-methyl/N-ethyl adjacent to an activating group) is 1. The summed E-state index contributed by atoms with van der Waals surface area (Å²) in [5.74, 6) is 0.00805. The van der Waals surface area contributed by atoms with E-state index < -0.39 is 0 Å². The van der Waals surface area contributed by atoms with Crippen LogP contribution in [0.15, 0.2) is 61.2 Å². The highest BCUT2D eigenvalue weighted by atomic mass is 16.1. The molecule has 0 aliphatic heterocycles. The van der Waals surface area contributed by atoms with E-state index in [0.717, 1.165) is 5.56 Å². The van der Waals surface area contributed by atoms with E-state index in [-0.39, 0.29) is 17.6 Å². The van der Waals surface area contributed by atoms with Gasteiger partial charge < -0.3 is 5.32 Å². The summed E-state index contributed by atoms with van der Waals surface area (Å²) >= 11 is 0. The van der Waals surface area contributed by atoms with E-state index >= 15 is 0 Å². The summed E-state index contributed by atoms with van der Waals surface area (Å²) in [7, 11) is 1.76. The van der Waals surface area contributed by atoms with Gasteiger partial charge in [-0.3, -0.25) is 9.59 Å². The van der Waals surface area contributed by atoms with Crippen LogP contribution in [0, 0.1) is 0 Å². The fourth-order valence-corrected chi connectivity index (χ4v) is 2.01. The van der Waals surface area contributed by atoms with Crippen molar-refractivity contribution in [3.05, 3.63) is 72.4 Å². The molecule has 3 nitrogen and oxygen atoms in total. The number of hydrogen-bond donors (Lipinski definition) is 1. The van der Waals surface area contributed by atoms with E-state index in [4.69, 9.17) is 0 Å². The van der Waals surface area contributed by atoms with Crippen LogP contribution in [-0.4, -0.2) is 24.7 Å². The number of nitrogens with one attached hydrogen (secondary N) is 1. The highest BCUT2D eigenvalue weighted by Gasteiger charge is 2.13. The van der Waals surface area contributed by atoms with Gasteiger partial charge in [0.15, 0.2) is 5.78 Å². The number of Topliss-reactive ketones (excluding diaryl/α,β-unsaturated/α-hetero) is 2. The number of benzene rings is 1. The Morgan fingerprint density at radius 2 is 1.86 bits per heavy atom. The zero-order chi connectivity index (χ0) is 15.8. The topological polar surface area (TPSA) is 46.2 Å². The third-order valence-corrected chi connectivity index (χ3v) is 3.27. The van der Waals surface area contributed by atoms with Crippen LogP contribution < -0.4 is 5.32 Å². The molecule has 0 aliphatic rings. The molecule has 1 rings (SSSR count). The van der Waals surface area contributed by atoms with Crippen LogP contribution in [-0.2, 0) is 11.2 Å². The molecule has 1 N–H and O–H groups in total. The Morgan fingerprint density at radius 1 is 1.24 bits per heavy atom. The number of carbonyl (C=O) groups excluding carboxylic acids is 2. The summed E-state index contributed by atoms with van der Waals surface area (Å²) in [6.45, 7) is 8.78. The number of hydrogen-bond acceptors (Lipinski definition) is 3. The van der Waals surface area contributed by atoms with Crippen molar-refractivity contribution in [2.75, 3.05) is 7.05 Å². The molecule has 0 saturated heterocycles. The van der Waals surface area contributed by atoms with Crippen LogP contribution in [0.1, 0.15) is 22.8 Å². The molecule has 1 atom stereocenters. The quantitative estimate of drug-likeness (QED) is 0.453. The maximum atomic E-state index is 12.2. The van der Waals surface area contributed by atoms with Gasteiger partial charge in [-0.1, -0.05) is 55.7 Å². The SMILES string of the molecule is C=C/C=C(\C=C)C(=O)c1ccc(C[C@@H](NC)C(C)=O)cc1. The Morgan fingerprint density at radius 3 is 2.29 bits per heavy atom. The number of allylic oxidation sites excluding steroid dienone is 4. The second-order valence-electron chi connectivity index (χ2n) is 4.74. The lowest BCUT2D eigenvalue weighted by Crippen LogP contribution is -2.34. The molecular formula is C18H21NO2. The minimum absolute atomic E-state index is 0.0896. The summed E-state index contributed by atoms with van der Waals surface area (Å²) < 4.78 is 0. The number of rotatable bonds is 8. The lowest BCUT2D eigenvalue weighted by molar-refractivity contribution is -0.118. The molecule has 3 heteroatoms. The molecule has 0 heterocycles. The molecule has 1 aromatic carbocycles. The van der Waals surface area contributed by atoms with Crippen molar-refractivity contribution in [1.29, 1.82) is 0 Å². The van der Waals surface area contributed by atoms with Gasteiger partial charge in [-0.2, -0.15) is 0 Å². The van der Waals surface area contributed by atoms with Crippen LogP contribution >= 0.6 is 0 Å². The largest absolute Gasteiger partial charge is 0.310 e. The van der Waals surface area contributed by atoms with Gasteiger partial charge in [0.1, 0.15) is 5.78 Å². The highest BCUT2D eigenvalue weighted by molar-refractivity contribution is 6.10. The Labute approximate surface area is 126 Å². The van der Waals surface area contributed by atoms with Gasteiger partial charge >= 0.3 is 0 Å². The third-order valence-electron chi connectivity index (χ3n) is 3.27. The van der Waals surface area contributed by atoms with Crippen LogP contribution in [0.3, 0.4) is 0 Å². The van der Waals surface area contributed by atoms with E-state index in [1.807, 2.05) is 12.1 Å². The molecule has 0 unspecified atom stereocenters. The first kappa shape index (κ1) is 16.8. The maximum absolute atomic E-state index is 12.2. The zero-order valence-electron chi connectivity index (χ0n) is 12.6. The molecule has 0 amide bonds. The summed E-state index contributed by atoms with van der Waals surface area (Å²) in [5.41, 5.74) is 2.11. The van der Waals surface area contributed by atoms with Gasteiger partial charge in [0.2, 0.25) is 0 Å². The van der Waals surface area contributed by atoms with Crippen LogP contribution in [0.25, 0.3) is 0 Å². The fraction of sp³-hybridized carbons (Fsp3) is 0.222. The predicted molar refractivity (Wildman–Crippen MR) is 86.5 cm³/mol. The molecule has 0 saturated carbocycles. The summed E-state index contributed by atoms with van der Waals surface area (Å²) in [5, 5.41) is 2.98. The van der Waals surface area contributed by atoms with Gasteiger partial charge in [-0.25, -0.2) is 0 Å². The standard InChI is InChI=1S/C18H21NO2/c1-5-7-15(6-2)18(21)16-10-8-14(9-11-16)12-17(19-4)13(3)20/h5-11,17,19H,1-2,12H2,3-4H3/b15-7+/t17-/m1/s1. The van der Waals surface area contributed by atoms with Gasteiger partial charge in [0.05, 0.1) is 6.04 Å². The molecular weight excluding hydrogens is 262 g/mol. The van der Waals surface area contributed by atoms with Crippen molar-refractivity contribution in [3.8, 4) is 0 Å². The molecule has 0 aliphatic carbocycles. The first-order valence-corrected chi connectivity index (χ1v) is 6.80. The third kappa shape index (κ3) is 4.65. The van der Waals surface area contributed by atoms with E-state index in [1.54, 1.807) is 38.3 Å². The van der Waals surface area contributed by atoms with Crippen LogP contribution in [0.2, 0.25) is 0 Å². The summed E-state index contributed by atoms with van der Waals surface area (Å²) in [4.78, 5) is 23.6. The van der Waals surface area contributed by atoms with Crippen molar-refractivity contribution < 1.29 is 9.59 Å². The molecule has 0 bridgehead atoms. The maximum Gasteiger partial charge on any atom is 0.192 e. The van der Waals surface area contributed by atoms with Gasteiger partial charge in [0, 0.05) is 11.1 Å². The fourth-order valence-electron chi connectivity index (χ4n) is 2.01. The van der Waals surface area contributed by atoms with E-state index in [2.05, 4.69) is 18.5 Å². The Kier molecular flexibility index (Phi) is 6.50. The average Bonchev–Trinajstić information content (AvgIpc) is 2.49. The van der Waals surface area contributed by atoms with Crippen molar-refractivity contribution in [1.82, 2.24) is 5.32 Å². The lowest BCUT2D eigenvalue weighted by atomic mass is 9.98. The van der Waals surface area contributed by atoms with Crippen molar-refractivity contribution in [3.63, 3.8) is 0 Å². The zero-order valence-corrected chi connectivity index (χ0v) is 12.6. The van der Waals surface area contributed by atoms with Crippen molar-refractivity contribution >= 4 is 11.6 Å². The minimum Gasteiger partial charge on any atom is -0.310 e. The lowest BCUT2D eigenvalue weighted by Gasteiger charge is -2.12. The van der Waals surface area contributed by atoms with Gasteiger partial charge in [-0.15, -0.1) is 0 Å². The molecule has 0 fully saturated rings. The molecule has 0 aromatic heterocycles. The Balaban J connectivity index is 2.90. The van der Waals surface area contributed by atoms with Gasteiger partial charge in [-0.05, 0) is 26.0 Å². The monoisotopic (exact) mass is 283 g/mol. The smallest absolute Gasteiger partial charge is 0.192 e. The van der Waals surface area contributed by atoms with Gasteiger partial charge in [0.25, 0.3) is 0 Å². The molecule has 1 aromatic rings. The first-order valence-electron chi connectivity index (χ1n) is 6.80. The molecule has 21 heavy (non-hydrogen) atoms. The first-order chi connectivity index (χ1) is 10.0. The van der Waals surface area contributed by atoms with Crippen molar-refractivity contribution in [2.24, 2.45) is 0 Å². The average molecular weight is 283 g/mol. The van der Waals surface area contributed by atoms with Crippen molar-refractivity contribution in [2.45, 2.75) is 19.4 Å². The number of ketones is 2. The molecule has 0 radical (unpaired) electrons. The van der Waals surface area contributed by atoms with Crippen LogP contribution in [0.5, 0.6) is 0 Å². The molecule has 110 valence electrons. The second kappa shape index (κ2) is 8.12.